The van der Waals surface area contributed by atoms with Gasteiger partial charge in [0.1, 0.15) is 0 Å². The Balaban J connectivity index is 1.77. The Morgan fingerprint density at radius 3 is 2.45 bits per heavy atom. The van der Waals surface area contributed by atoms with E-state index in [0.29, 0.717) is 16.9 Å². The predicted octanol–water partition coefficient (Wildman–Crippen LogP) is 3.05. The number of nitro groups is 1. The third kappa shape index (κ3) is 5.89. The highest BCUT2D eigenvalue weighted by Gasteiger charge is 2.22. The van der Waals surface area contributed by atoms with Gasteiger partial charge in [-0.1, -0.05) is 18.2 Å². The fourth-order valence-electron chi connectivity index (χ4n) is 3.39. The highest BCUT2D eigenvalue weighted by Crippen LogP contribution is 2.29. The van der Waals surface area contributed by atoms with Gasteiger partial charge < -0.3 is 10.2 Å². The molecule has 1 heterocycles. The number of nitro benzene ring substituents is 1. The smallest absolute Gasteiger partial charge is 0.270 e. The van der Waals surface area contributed by atoms with Crippen LogP contribution in [0.4, 0.5) is 17.1 Å². The van der Waals surface area contributed by atoms with E-state index in [1.807, 2.05) is 4.90 Å². The summed E-state index contributed by atoms with van der Waals surface area (Å²) >= 11 is 0. The molecule has 9 nitrogen and oxygen atoms in total. The van der Waals surface area contributed by atoms with Crippen molar-refractivity contribution in [2.24, 2.45) is 0 Å². The largest absolute Gasteiger partial charge is 0.371 e. The van der Waals surface area contributed by atoms with Gasteiger partial charge in [-0.25, -0.2) is 13.1 Å². The first-order chi connectivity index (χ1) is 14.8. The number of hydrogen-bond acceptors (Lipinski definition) is 6. The number of rotatable bonds is 9. The second-order valence-corrected chi connectivity index (χ2v) is 9.01. The molecule has 0 unspecified atom stereocenters. The summed E-state index contributed by atoms with van der Waals surface area (Å²) in [5.41, 5.74) is 1.76. The molecule has 164 valence electrons. The summed E-state index contributed by atoms with van der Waals surface area (Å²) in [4.78, 5) is 25.6. The zero-order valence-electron chi connectivity index (χ0n) is 16.9. The minimum Gasteiger partial charge on any atom is -0.371 e. The number of sulfonamides is 1. The van der Waals surface area contributed by atoms with Crippen LogP contribution in [0.25, 0.3) is 0 Å². The molecule has 0 spiro atoms. The Morgan fingerprint density at radius 1 is 1.16 bits per heavy atom. The highest BCUT2D eigenvalue weighted by atomic mass is 32.2. The van der Waals surface area contributed by atoms with Crippen molar-refractivity contribution < 1.29 is 18.1 Å². The molecule has 2 aromatic rings. The molecular formula is C21H24N4O5S. The molecule has 0 aromatic heterocycles. The van der Waals surface area contributed by atoms with Crippen molar-refractivity contribution in [1.29, 1.82) is 0 Å². The number of carbonyl (C=O) groups excluding carboxylic acids is 1. The summed E-state index contributed by atoms with van der Waals surface area (Å²) in [6, 6.07) is 10.7. The van der Waals surface area contributed by atoms with Crippen LogP contribution in [0.15, 0.2) is 55.1 Å². The molecule has 1 amide bonds. The van der Waals surface area contributed by atoms with Crippen LogP contribution in [0.2, 0.25) is 0 Å². The first-order valence-corrected chi connectivity index (χ1v) is 11.5. The minimum absolute atomic E-state index is 0.152. The van der Waals surface area contributed by atoms with E-state index in [9.17, 15) is 23.3 Å². The third-order valence-electron chi connectivity index (χ3n) is 4.90. The summed E-state index contributed by atoms with van der Waals surface area (Å²) in [6.07, 6.45) is 3.47. The van der Waals surface area contributed by atoms with Crippen LogP contribution in [-0.2, 0) is 15.8 Å². The summed E-state index contributed by atoms with van der Waals surface area (Å²) in [5.74, 6) is -0.655. The quantitative estimate of drug-likeness (QED) is 0.348. The Hall–Kier alpha value is -3.24. The molecule has 1 saturated heterocycles. The van der Waals surface area contributed by atoms with Gasteiger partial charge >= 0.3 is 0 Å². The lowest BCUT2D eigenvalue weighted by Gasteiger charge is -2.21. The fourth-order valence-corrected chi connectivity index (χ4v) is 4.50. The zero-order chi connectivity index (χ0) is 22.4. The number of carbonyl (C=O) groups is 1. The lowest BCUT2D eigenvalue weighted by molar-refractivity contribution is -0.384. The van der Waals surface area contributed by atoms with Gasteiger partial charge in [0.05, 0.1) is 21.9 Å². The van der Waals surface area contributed by atoms with Crippen LogP contribution in [0, 0.1) is 10.1 Å². The minimum atomic E-state index is -3.48. The van der Waals surface area contributed by atoms with Crippen LogP contribution in [0.3, 0.4) is 0 Å². The molecule has 0 radical (unpaired) electrons. The zero-order valence-corrected chi connectivity index (χ0v) is 17.7. The molecule has 0 bridgehead atoms. The lowest BCUT2D eigenvalue weighted by Crippen LogP contribution is -2.25. The number of benzene rings is 2. The average Bonchev–Trinajstić information content (AvgIpc) is 3.27. The van der Waals surface area contributed by atoms with Crippen LogP contribution < -0.4 is 14.9 Å². The van der Waals surface area contributed by atoms with Gasteiger partial charge in [-0.2, -0.15) is 0 Å². The molecule has 1 aliphatic rings. The van der Waals surface area contributed by atoms with Crippen LogP contribution >= 0.6 is 0 Å². The lowest BCUT2D eigenvalue weighted by atomic mass is 10.1. The van der Waals surface area contributed by atoms with E-state index < -0.39 is 20.9 Å². The summed E-state index contributed by atoms with van der Waals surface area (Å²) in [7, 11) is -3.48. The van der Waals surface area contributed by atoms with Gasteiger partial charge in [0.15, 0.2) is 0 Å². The second kappa shape index (κ2) is 9.71. The van der Waals surface area contributed by atoms with E-state index in [-0.39, 0.29) is 23.5 Å². The number of hydrogen-bond donors (Lipinski definition) is 2. The van der Waals surface area contributed by atoms with Crippen LogP contribution in [0.1, 0.15) is 28.8 Å². The molecule has 2 aromatic carbocycles. The van der Waals surface area contributed by atoms with E-state index >= 15 is 0 Å². The summed E-state index contributed by atoms with van der Waals surface area (Å²) < 4.78 is 26.3. The van der Waals surface area contributed by atoms with Gasteiger partial charge in [-0.3, -0.25) is 14.9 Å². The molecule has 1 fully saturated rings. The Kier molecular flexibility index (Phi) is 7.03. The Labute approximate surface area is 181 Å². The van der Waals surface area contributed by atoms with E-state index in [1.165, 1.54) is 18.2 Å². The number of amides is 1. The molecule has 2 N–H and O–H groups in total. The normalized spacial score (nSPS) is 13.7. The molecule has 0 saturated carbocycles. The highest BCUT2D eigenvalue weighted by molar-refractivity contribution is 7.88. The maximum absolute atomic E-state index is 12.9. The maximum atomic E-state index is 12.9. The SMILES string of the molecule is C=CCNS(=O)(=O)Cc1ccc(NC(=O)c2cc([N+](=O)[O-])ccc2N2CCCC2)cc1. The van der Waals surface area contributed by atoms with Crippen LogP contribution in [0.5, 0.6) is 0 Å². The van der Waals surface area contributed by atoms with E-state index in [1.54, 1.807) is 30.3 Å². The van der Waals surface area contributed by atoms with Gasteiger partial charge in [-0.05, 0) is 36.6 Å². The predicted molar refractivity (Wildman–Crippen MR) is 120 cm³/mol. The maximum Gasteiger partial charge on any atom is 0.270 e. The standard InChI is InChI=1S/C21H24N4O5S/c1-2-11-22-31(29,30)15-16-5-7-17(8-6-16)23-21(26)19-14-18(25(27)28)9-10-20(19)24-12-3-4-13-24/h2,5-10,14,22H,1,3-4,11-13,15H2,(H,23,26). The summed E-state index contributed by atoms with van der Waals surface area (Å²) in [5, 5.41) is 13.9. The van der Waals surface area contributed by atoms with Crippen molar-refractivity contribution in [2.75, 3.05) is 29.9 Å². The average molecular weight is 445 g/mol. The molecule has 1 aliphatic heterocycles. The molecular weight excluding hydrogens is 420 g/mol. The van der Waals surface area contributed by atoms with Crippen molar-refractivity contribution in [3.63, 3.8) is 0 Å². The van der Waals surface area contributed by atoms with Crippen molar-refractivity contribution >= 4 is 33.0 Å². The van der Waals surface area contributed by atoms with E-state index in [0.717, 1.165) is 25.9 Å². The van der Waals surface area contributed by atoms with Gasteiger partial charge in [-0.15, -0.1) is 6.58 Å². The molecule has 31 heavy (non-hydrogen) atoms. The van der Waals surface area contributed by atoms with Crippen molar-refractivity contribution in [1.82, 2.24) is 4.72 Å². The number of anilines is 2. The van der Waals surface area contributed by atoms with Crippen molar-refractivity contribution in [3.05, 3.63) is 76.4 Å². The van der Waals surface area contributed by atoms with E-state index in [2.05, 4.69) is 16.6 Å². The van der Waals surface area contributed by atoms with Crippen molar-refractivity contribution in [3.8, 4) is 0 Å². The number of nitrogens with one attached hydrogen (secondary N) is 2. The summed E-state index contributed by atoms with van der Waals surface area (Å²) in [6.45, 7) is 5.21. The van der Waals surface area contributed by atoms with Crippen molar-refractivity contribution in [2.45, 2.75) is 18.6 Å². The fraction of sp³-hybridized carbons (Fsp3) is 0.286. The number of nitrogens with zero attached hydrogens (tertiary/aromatic N) is 2. The monoisotopic (exact) mass is 444 g/mol. The molecule has 0 atom stereocenters. The van der Waals surface area contributed by atoms with Gasteiger partial charge in [0.25, 0.3) is 11.6 Å². The topological polar surface area (TPSA) is 122 Å². The Morgan fingerprint density at radius 2 is 1.84 bits per heavy atom. The third-order valence-corrected chi connectivity index (χ3v) is 6.22. The molecule has 3 rings (SSSR count). The van der Waals surface area contributed by atoms with E-state index in [4.69, 9.17) is 0 Å². The molecule has 10 heteroatoms. The second-order valence-electron chi connectivity index (χ2n) is 7.20. The van der Waals surface area contributed by atoms with Gasteiger partial charge in [0.2, 0.25) is 10.0 Å². The Bertz CT molecular complexity index is 1080. The molecule has 0 aliphatic carbocycles. The van der Waals surface area contributed by atoms with Crippen LogP contribution in [-0.4, -0.2) is 38.9 Å². The first kappa shape index (κ1) is 22.4. The first-order valence-electron chi connectivity index (χ1n) is 9.81. The number of non-ortho nitro benzene ring substituents is 1. The van der Waals surface area contributed by atoms with Gasteiger partial charge in [0, 0.05) is 37.5 Å².